The van der Waals surface area contributed by atoms with Crippen LogP contribution in [0.4, 0.5) is 11.4 Å². The zero-order valence-corrected chi connectivity index (χ0v) is 12.8. The van der Waals surface area contributed by atoms with Gasteiger partial charge in [-0.15, -0.1) is 0 Å². The van der Waals surface area contributed by atoms with Crippen molar-refractivity contribution in [1.82, 2.24) is 0 Å². The Bertz CT molecular complexity index is 808. The maximum absolute atomic E-state index is 11.3. The number of rotatable bonds is 4. The summed E-state index contributed by atoms with van der Waals surface area (Å²) in [6.07, 6.45) is 0. The predicted octanol–water partition coefficient (Wildman–Crippen LogP) is 0.463. The fourth-order valence-corrected chi connectivity index (χ4v) is 2.69. The van der Waals surface area contributed by atoms with Crippen molar-refractivity contribution >= 4 is 35.8 Å². The Kier molecular flexibility index (Phi) is 4.13. The summed E-state index contributed by atoms with van der Waals surface area (Å²) < 4.78 is 28.9. The average Bonchev–Trinajstić information content (AvgIpc) is 2.74. The van der Waals surface area contributed by atoms with Gasteiger partial charge in [-0.3, -0.25) is 0 Å². The van der Waals surface area contributed by atoms with Crippen molar-refractivity contribution in [3.63, 3.8) is 0 Å². The van der Waals surface area contributed by atoms with Crippen LogP contribution in [-0.4, -0.2) is 33.2 Å². The van der Waals surface area contributed by atoms with Gasteiger partial charge in [0.25, 0.3) is 0 Å². The molecule has 22 heavy (non-hydrogen) atoms. The van der Waals surface area contributed by atoms with Crippen molar-refractivity contribution in [2.24, 2.45) is 20.5 Å². The minimum atomic E-state index is -5.27. The SMILES string of the molecule is CC1=C(N=Nc2ccc([As](=O)(O)O)cc2[N+](=O)[O-])C(=O)N=N1. The number of benzene rings is 1. The zero-order valence-electron chi connectivity index (χ0n) is 10.9. The minimum absolute atomic E-state index is 0.155. The number of carbonyl (C=O) groups is 1. The number of carbonyl (C=O) groups excluding carboxylic acids is 1. The average molecular weight is 369 g/mol. The van der Waals surface area contributed by atoms with E-state index >= 15 is 0 Å². The van der Waals surface area contributed by atoms with Gasteiger partial charge in [0.2, 0.25) is 0 Å². The number of nitro groups is 1. The third kappa shape index (κ3) is 3.22. The second kappa shape index (κ2) is 5.71. The Morgan fingerprint density at radius 1 is 1.27 bits per heavy atom. The molecule has 0 saturated heterocycles. The Morgan fingerprint density at radius 3 is 2.45 bits per heavy atom. The number of amides is 1. The molecule has 0 aliphatic carbocycles. The summed E-state index contributed by atoms with van der Waals surface area (Å²) in [6, 6.07) is 2.80. The molecule has 2 N–H and O–H groups in total. The summed E-state index contributed by atoms with van der Waals surface area (Å²) in [7, 11) is 0. The second-order valence-electron chi connectivity index (χ2n) is 4.11. The molecule has 0 aromatic heterocycles. The van der Waals surface area contributed by atoms with Crippen molar-refractivity contribution in [2.75, 3.05) is 0 Å². The molecular weight excluding hydrogens is 361 g/mol. The summed E-state index contributed by atoms with van der Waals surface area (Å²) in [4.78, 5) is 21.4. The molecule has 1 aromatic carbocycles. The van der Waals surface area contributed by atoms with E-state index in [0.29, 0.717) is 0 Å². The van der Waals surface area contributed by atoms with E-state index in [0.717, 1.165) is 18.2 Å². The van der Waals surface area contributed by atoms with Crippen LogP contribution in [0.5, 0.6) is 0 Å². The number of nitro benzene ring substituents is 1. The van der Waals surface area contributed by atoms with Gasteiger partial charge in [-0.1, -0.05) is 0 Å². The van der Waals surface area contributed by atoms with Crippen molar-refractivity contribution in [1.29, 1.82) is 0 Å². The first-order valence-corrected chi connectivity index (χ1v) is 9.01. The normalized spacial score (nSPS) is 15.1. The number of hydrogen-bond donors (Lipinski definition) is 2. The van der Waals surface area contributed by atoms with E-state index in [1.165, 1.54) is 6.92 Å². The molecule has 1 aliphatic rings. The zero-order chi connectivity index (χ0) is 16.5. The van der Waals surface area contributed by atoms with Crippen molar-refractivity contribution in [2.45, 2.75) is 6.92 Å². The molecule has 0 bridgehead atoms. The van der Waals surface area contributed by atoms with Gasteiger partial charge in [-0.05, 0) is 0 Å². The van der Waals surface area contributed by atoms with Crippen LogP contribution in [-0.2, 0) is 8.53 Å². The van der Waals surface area contributed by atoms with Gasteiger partial charge in [0.05, 0.1) is 0 Å². The van der Waals surface area contributed by atoms with Gasteiger partial charge in [0, 0.05) is 0 Å². The third-order valence-corrected chi connectivity index (χ3v) is 4.58. The van der Waals surface area contributed by atoms with Gasteiger partial charge in [-0.25, -0.2) is 0 Å². The Labute approximate surface area is 125 Å². The van der Waals surface area contributed by atoms with Crippen LogP contribution in [0.15, 0.2) is 50.1 Å². The molecule has 1 aromatic rings. The molecule has 114 valence electrons. The molecule has 2 rings (SSSR count). The summed E-state index contributed by atoms with van der Waals surface area (Å²) in [5, 5.41) is 24.8. The summed E-state index contributed by atoms with van der Waals surface area (Å²) in [5.41, 5.74) is -0.829. The first kappa shape index (κ1) is 15.9. The number of nitrogens with zero attached hydrogens (tertiary/aromatic N) is 5. The molecule has 1 amide bonds. The van der Waals surface area contributed by atoms with Crippen LogP contribution in [0.2, 0.25) is 0 Å². The monoisotopic (exact) mass is 369 g/mol. The van der Waals surface area contributed by atoms with E-state index in [2.05, 4.69) is 20.5 Å². The fraction of sp³-hybridized carbons (Fsp3) is 0.100. The fourth-order valence-electron chi connectivity index (χ4n) is 1.51. The molecule has 0 atom stereocenters. The maximum atomic E-state index is 11.3. The third-order valence-electron chi connectivity index (χ3n) is 2.59. The Balaban J connectivity index is 2.44. The van der Waals surface area contributed by atoms with Crippen molar-refractivity contribution in [3.8, 4) is 0 Å². The van der Waals surface area contributed by atoms with E-state index in [1.54, 1.807) is 0 Å². The molecule has 12 heteroatoms. The topological polar surface area (TPSA) is 167 Å². The predicted molar refractivity (Wildman–Crippen MR) is 70.7 cm³/mol. The standard InChI is InChI=1S/C10H8AsN5O6/c1-5-9(10(17)15-12-5)14-13-7-3-2-6(11(18,19)20)4-8(7)16(21)22/h2-4H,1H3,(H2,18,19,20). The first-order chi connectivity index (χ1) is 10.2. The van der Waals surface area contributed by atoms with Crippen molar-refractivity contribution < 1.29 is 21.6 Å². The number of azo groups is 2. The molecule has 0 spiro atoms. The van der Waals surface area contributed by atoms with Gasteiger partial charge < -0.3 is 0 Å². The van der Waals surface area contributed by atoms with Crippen LogP contribution in [0.1, 0.15) is 6.92 Å². The van der Waals surface area contributed by atoms with Crippen LogP contribution in [0.3, 0.4) is 0 Å². The second-order valence-corrected chi connectivity index (χ2v) is 7.48. The summed E-state index contributed by atoms with van der Waals surface area (Å²) >= 11 is -5.27. The summed E-state index contributed by atoms with van der Waals surface area (Å²) in [5.74, 6) is -0.723. The molecule has 1 aliphatic heterocycles. The summed E-state index contributed by atoms with van der Waals surface area (Å²) in [6.45, 7) is 1.47. The molecule has 0 saturated carbocycles. The van der Waals surface area contributed by atoms with Gasteiger partial charge in [-0.2, -0.15) is 0 Å². The molecule has 0 unspecified atom stereocenters. The Morgan fingerprint density at radius 2 is 1.95 bits per heavy atom. The molecule has 0 fully saturated rings. The van der Waals surface area contributed by atoms with E-state index < -0.39 is 35.0 Å². The van der Waals surface area contributed by atoms with Gasteiger partial charge >= 0.3 is 125 Å². The van der Waals surface area contributed by atoms with Crippen LogP contribution in [0, 0.1) is 10.1 Å². The van der Waals surface area contributed by atoms with E-state index in [9.17, 15) is 18.6 Å². The Hall–Kier alpha value is -2.49. The quantitative estimate of drug-likeness (QED) is 0.338. The van der Waals surface area contributed by atoms with Gasteiger partial charge in [0.1, 0.15) is 0 Å². The van der Waals surface area contributed by atoms with Crippen LogP contribution < -0.4 is 4.35 Å². The molecule has 1 heterocycles. The van der Waals surface area contributed by atoms with Crippen molar-refractivity contribution in [3.05, 3.63) is 39.7 Å². The van der Waals surface area contributed by atoms with Crippen LogP contribution in [0.25, 0.3) is 0 Å². The van der Waals surface area contributed by atoms with Gasteiger partial charge in [0.15, 0.2) is 0 Å². The van der Waals surface area contributed by atoms with Crippen LogP contribution >= 0.6 is 0 Å². The number of hydrogen-bond acceptors (Lipinski definition) is 7. The molecule has 11 nitrogen and oxygen atoms in total. The van der Waals surface area contributed by atoms with E-state index in [1.807, 2.05) is 0 Å². The first-order valence-electron chi connectivity index (χ1n) is 5.63. The van der Waals surface area contributed by atoms with E-state index in [-0.39, 0.29) is 17.1 Å². The molecule has 0 radical (unpaired) electrons. The molecular formula is C10H8AsN5O6. The van der Waals surface area contributed by atoms with E-state index in [4.69, 9.17) is 8.19 Å². The number of allylic oxidation sites excluding steroid dienone is 1.